The summed E-state index contributed by atoms with van der Waals surface area (Å²) in [7, 11) is 0. The van der Waals surface area contributed by atoms with Crippen LogP contribution in [0.2, 0.25) is 0 Å². The Morgan fingerprint density at radius 3 is 2.93 bits per heavy atom. The summed E-state index contributed by atoms with van der Waals surface area (Å²) < 4.78 is 6.29. The standard InChI is InChI=1S/C10H8BrNOS/c11-9-4-1-5-10(12-9)13-7-8-3-2-6-14-8/h1-6H,7H2. The molecular formula is C10H8BrNOS. The maximum atomic E-state index is 5.50. The van der Waals surface area contributed by atoms with Crippen LogP contribution in [0.5, 0.6) is 5.88 Å². The Bertz CT molecular complexity index is 402. The molecule has 0 saturated carbocycles. The number of ether oxygens (including phenoxy) is 1. The molecule has 14 heavy (non-hydrogen) atoms. The van der Waals surface area contributed by atoms with Crippen molar-refractivity contribution in [3.8, 4) is 5.88 Å². The van der Waals surface area contributed by atoms with Gasteiger partial charge in [-0.3, -0.25) is 0 Å². The lowest BCUT2D eigenvalue weighted by Gasteiger charge is -2.02. The van der Waals surface area contributed by atoms with Crippen molar-refractivity contribution in [2.75, 3.05) is 0 Å². The maximum absolute atomic E-state index is 5.50. The quantitative estimate of drug-likeness (QED) is 0.796. The van der Waals surface area contributed by atoms with Crippen molar-refractivity contribution in [2.45, 2.75) is 6.61 Å². The lowest BCUT2D eigenvalue weighted by atomic mass is 10.5. The molecule has 0 N–H and O–H groups in total. The monoisotopic (exact) mass is 269 g/mol. The molecule has 0 spiro atoms. The molecule has 2 aromatic heterocycles. The molecule has 0 fully saturated rings. The molecule has 0 atom stereocenters. The Kier molecular flexibility index (Phi) is 3.16. The van der Waals surface area contributed by atoms with Crippen LogP contribution in [-0.4, -0.2) is 4.98 Å². The van der Waals surface area contributed by atoms with Gasteiger partial charge >= 0.3 is 0 Å². The highest BCUT2D eigenvalue weighted by Gasteiger charge is 1.97. The average Bonchev–Trinajstić information content (AvgIpc) is 2.67. The smallest absolute Gasteiger partial charge is 0.214 e. The lowest BCUT2D eigenvalue weighted by molar-refractivity contribution is 0.297. The molecule has 0 radical (unpaired) electrons. The van der Waals surface area contributed by atoms with E-state index in [9.17, 15) is 0 Å². The van der Waals surface area contributed by atoms with E-state index in [0.717, 1.165) is 4.60 Å². The van der Waals surface area contributed by atoms with Crippen LogP contribution < -0.4 is 4.74 Å². The highest BCUT2D eigenvalue weighted by atomic mass is 79.9. The molecule has 4 heteroatoms. The number of thiophene rings is 1. The van der Waals surface area contributed by atoms with Crippen LogP contribution in [0.4, 0.5) is 0 Å². The van der Waals surface area contributed by atoms with Crippen LogP contribution in [0.15, 0.2) is 40.3 Å². The molecule has 2 heterocycles. The van der Waals surface area contributed by atoms with E-state index in [0.29, 0.717) is 12.5 Å². The van der Waals surface area contributed by atoms with Gasteiger partial charge in [-0.15, -0.1) is 11.3 Å². The van der Waals surface area contributed by atoms with Crippen LogP contribution in [-0.2, 0) is 6.61 Å². The molecule has 0 unspecified atom stereocenters. The molecular weight excluding hydrogens is 262 g/mol. The van der Waals surface area contributed by atoms with Gasteiger partial charge in [0.1, 0.15) is 11.2 Å². The third kappa shape index (κ3) is 2.56. The number of aromatic nitrogens is 1. The first-order chi connectivity index (χ1) is 6.84. The van der Waals surface area contributed by atoms with Gasteiger partial charge in [-0.05, 0) is 33.4 Å². The van der Waals surface area contributed by atoms with Gasteiger partial charge in [0, 0.05) is 10.9 Å². The summed E-state index contributed by atoms with van der Waals surface area (Å²) in [6.07, 6.45) is 0. The molecule has 0 aliphatic rings. The lowest BCUT2D eigenvalue weighted by Crippen LogP contribution is -1.94. The molecule has 0 amide bonds. The second-order valence-corrected chi connectivity index (χ2v) is 4.51. The summed E-state index contributed by atoms with van der Waals surface area (Å²) in [5.41, 5.74) is 0. The molecule has 0 saturated heterocycles. The molecule has 0 bridgehead atoms. The van der Waals surface area contributed by atoms with Gasteiger partial charge < -0.3 is 4.74 Å². The Balaban J connectivity index is 1.98. The number of halogens is 1. The topological polar surface area (TPSA) is 22.1 Å². The fraction of sp³-hybridized carbons (Fsp3) is 0.100. The van der Waals surface area contributed by atoms with Crippen LogP contribution in [0.3, 0.4) is 0 Å². The zero-order valence-electron chi connectivity index (χ0n) is 7.31. The number of rotatable bonds is 3. The zero-order chi connectivity index (χ0) is 9.80. The highest BCUT2D eigenvalue weighted by Crippen LogP contribution is 2.15. The fourth-order valence-corrected chi connectivity index (χ4v) is 1.95. The highest BCUT2D eigenvalue weighted by molar-refractivity contribution is 9.10. The number of nitrogens with zero attached hydrogens (tertiary/aromatic N) is 1. The van der Waals surface area contributed by atoms with Crippen LogP contribution in [0.25, 0.3) is 0 Å². The van der Waals surface area contributed by atoms with E-state index >= 15 is 0 Å². The van der Waals surface area contributed by atoms with Gasteiger partial charge in [-0.25, -0.2) is 4.98 Å². The van der Waals surface area contributed by atoms with E-state index < -0.39 is 0 Å². The number of pyridine rings is 1. The Labute approximate surface area is 94.7 Å². The van der Waals surface area contributed by atoms with E-state index in [1.165, 1.54) is 4.88 Å². The van der Waals surface area contributed by atoms with Crippen LogP contribution in [0.1, 0.15) is 4.88 Å². The van der Waals surface area contributed by atoms with Gasteiger partial charge in [0.05, 0.1) is 0 Å². The van der Waals surface area contributed by atoms with Crippen LogP contribution in [0, 0.1) is 0 Å². The van der Waals surface area contributed by atoms with E-state index in [1.807, 2.05) is 35.7 Å². The average molecular weight is 270 g/mol. The second-order valence-electron chi connectivity index (χ2n) is 2.67. The van der Waals surface area contributed by atoms with Crippen molar-refractivity contribution in [2.24, 2.45) is 0 Å². The molecule has 2 nitrogen and oxygen atoms in total. The maximum Gasteiger partial charge on any atom is 0.214 e. The zero-order valence-corrected chi connectivity index (χ0v) is 9.72. The first kappa shape index (κ1) is 9.68. The Morgan fingerprint density at radius 2 is 2.21 bits per heavy atom. The van der Waals surface area contributed by atoms with Gasteiger partial charge in [0.15, 0.2) is 0 Å². The Hall–Kier alpha value is -0.870. The van der Waals surface area contributed by atoms with Crippen LogP contribution >= 0.6 is 27.3 Å². The minimum absolute atomic E-state index is 0.584. The minimum Gasteiger partial charge on any atom is -0.472 e. The predicted octanol–water partition coefficient (Wildman–Crippen LogP) is 3.48. The van der Waals surface area contributed by atoms with Gasteiger partial charge in [0.25, 0.3) is 0 Å². The van der Waals surface area contributed by atoms with Gasteiger partial charge in [-0.1, -0.05) is 12.1 Å². The third-order valence-electron chi connectivity index (χ3n) is 1.63. The van der Waals surface area contributed by atoms with Gasteiger partial charge in [0.2, 0.25) is 5.88 Å². The van der Waals surface area contributed by atoms with Crippen molar-refractivity contribution < 1.29 is 4.74 Å². The number of hydrogen-bond acceptors (Lipinski definition) is 3. The van der Waals surface area contributed by atoms with E-state index in [-0.39, 0.29) is 0 Å². The summed E-state index contributed by atoms with van der Waals surface area (Å²) in [4.78, 5) is 5.37. The summed E-state index contributed by atoms with van der Waals surface area (Å²) in [5, 5.41) is 2.03. The van der Waals surface area contributed by atoms with Crippen molar-refractivity contribution in [1.29, 1.82) is 0 Å². The fourth-order valence-electron chi connectivity index (χ4n) is 1.01. The first-order valence-electron chi connectivity index (χ1n) is 4.12. The summed E-state index contributed by atoms with van der Waals surface area (Å²) in [6, 6.07) is 9.68. The molecule has 0 aliphatic carbocycles. The van der Waals surface area contributed by atoms with E-state index in [2.05, 4.69) is 20.9 Å². The SMILES string of the molecule is Brc1cccc(OCc2cccs2)n1. The van der Waals surface area contributed by atoms with E-state index in [4.69, 9.17) is 4.74 Å². The van der Waals surface area contributed by atoms with Crippen molar-refractivity contribution in [3.05, 3.63) is 45.2 Å². The third-order valence-corrected chi connectivity index (χ3v) is 2.92. The summed E-state index contributed by atoms with van der Waals surface area (Å²) in [6.45, 7) is 0.584. The van der Waals surface area contributed by atoms with Crippen molar-refractivity contribution >= 4 is 27.3 Å². The molecule has 0 aromatic carbocycles. The molecule has 2 aromatic rings. The number of hydrogen-bond donors (Lipinski definition) is 0. The largest absolute Gasteiger partial charge is 0.472 e. The van der Waals surface area contributed by atoms with Gasteiger partial charge in [-0.2, -0.15) is 0 Å². The van der Waals surface area contributed by atoms with Crippen molar-refractivity contribution in [1.82, 2.24) is 4.98 Å². The van der Waals surface area contributed by atoms with Crippen molar-refractivity contribution in [3.63, 3.8) is 0 Å². The first-order valence-corrected chi connectivity index (χ1v) is 5.79. The predicted molar refractivity (Wildman–Crippen MR) is 60.6 cm³/mol. The van der Waals surface area contributed by atoms with E-state index in [1.54, 1.807) is 11.3 Å². The summed E-state index contributed by atoms with van der Waals surface area (Å²) in [5.74, 6) is 0.646. The summed E-state index contributed by atoms with van der Waals surface area (Å²) >= 11 is 4.97. The molecule has 0 aliphatic heterocycles. The molecule has 2 rings (SSSR count). The Morgan fingerprint density at radius 1 is 1.29 bits per heavy atom. The minimum atomic E-state index is 0.584. The normalized spacial score (nSPS) is 10.1. The molecule has 72 valence electrons. The second kappa shape index (κ2) is 4.57.